The molecule has 8 aromatic carbocycles. The number of aromatic hydroxyl groups is 1. The van der Waals surface area contributed by atoms with Gasteiger partial charge in [0, 0.05) is 43.4 Å². The Morgan fingerprint density at radius 1 is 0.459 bits per heavy atom. The summed E-state index contributed by atoms with van der Waals surface area (Å²) in [4.78, 5) is -1.64. The van der Waals surface area contributed by atoms with Crippen molar-refractivity contribution < 1.29 is 44.0 Å². The average Bonchev–Trinajstić information content (AvgIpc) is 3.20. The monoisotopic (exact) mass is 875 g/mol. The maximum absolute atomic E-state index is 12.3. The topological polar surface area (TPSA) is 284 Å². The first-order chi connectivity index (χ1) is 28.9. The van der Waals surface area contributed by atoms with Crippen LogP contribution in [0.15, 0.2) is 167 Å². The van der Waals surface area contributed by atoms with Crippen molar-refractivity contribution in [2.75, 3.05) is 5.73 Å². The van der Waals surface area contributed by atoms with Gasteiger partial charge in [-0.3, -0.25) is 13.7 Å². The molecule has 0 bridgehead atoms. The lowest BCUT2D eigenvalue weighted by atomic mass is 10.0. The number of nitrogen functional groups attached to an aromatic ring is 1. The molecule has 17 nitrogen and oxygen atoms in total. The van der Waals surface area contributed by atoms with Crippen LogP contribution >= 0.6 is 0 Å². The molecule has 8 rings (SSSR count). The van der Waals surface area contributed by atoms with Crippen molar-refractivity contribution in [1.82, 2.24) is 0 Å². The highest BCUT2D eigenvalue weighted by molar-refractivity contribution is 7.86. The SMILES string of the molecule is Cc1cc2cc(N)ccc2c(O)c1N=Nc1ccc(N=Nc2ccc(N=Nc3cc(S(=O)(=O)O)c4cccc(S(=O)(=O)O)c4c3)c3ccccc23)c2ccc(S(=O)(=O)O)cc12. The van der Waals surface area contributed by atoms with Gasteiger partial charge in [0.05, 0.1) is 33.3 Å². The van der Waals surface area contributed by atoms with E-state index in [0.29, 0.717) is 55.2 Å². The van der Waals surface area contributed by atoms with E-state index in [9.17, 15) is 44.0 Å². The molecule has 61 heavy (non-hydrogen) atoms. The lowest BCUT2D eigenvalue weighted by molar-refractivity contribution is 0.481. The smallest absolute Gasteiger partial charge is 0.295 e. The quantitative estimate of drug-likeness (QED) is 0.0516. The van der Waals surface area contributed by atoms with E-state index in [1.807, 2.05) is 0 Å². The molecule has 0 aliphatic rings. The van der Waals surface area contributed by atoms with Gasteiger partial charge < -0.3 is 10.8 Å². The van der Waals surface area contributed by atoms with Gasteiger partial charge in [0.1, 0.15) is 15.5 Å². The van der Waals surface area contributed by atoms with Crippen LogP contribution in [0.2, 0.25) is 0 Å². The third-order valence-corrected chi connectivity index (χ3v) is 12.3. The van der Waals surface area contributed by atoms with E-state index in [4.69, 9.17) is 5.73 Å². The van der Waals surface area contributed by atoms with Crippen molar-refractivity contribution in [3.63, 3.8) is 0 Å². The van der Waals surface area contributed by atoms with Crippen LogP contribution in [0.25, 0.3) is 43.1 Å². The molecule has 8 aromatic rings. The second kappa shape index (κ2) is 15.2. The minimum atomic E-state index is -4.88. The fourth-order valence-electron chi connectivity index (χ4n) is 6.86. The summed E-state index contributed by atoms with van der Waals surface area (Å²) in [7, 11) is -14.3. The van der Waals surface area contributed by atoms with E-state index in [1.165, 1.54) is 42.5 Å². The van der Waals surface area contributed by atoms with Crippen LogP contribution in [-0.2, 0) is 30.4 Å². The minimum absolute atomic E-state index is 0.124. The Kier molecular flexibility index (Phi) is 10.1. The van der Waals surface area contributed by atoms with Crippen LogP contribution in [0.5, 0.6) is 5.75 Å². The summed E-state index contributed by atoms with van der Waals surface area (Å²) < 4.78 is 103. The number of hydrogen-bond acceptors (Lipinski definition) is 14. The van der Waals surface area contributed by atoms with E-state index >= 15 is 0 Å². The fraction of sp³-hybridized carbons (Fsp3) is 0.0244. The second-order valence-electron chi connectivity index (χ2n) is 13.7. The average molecular weight is 876 g/mol. The normalized spacial score (nSPS) is 12.9. The fourth-order valence-corrected chi connectivity index (χ4v) is 8.79. The zero-order chi connectivity index (χ0) is 43.4. The van der Waals surface area contributed by atoms with Gasteiger partial charge in [0.15, 0.2) is 5.75 Å². The number of aryl methyl sites for hydroxylation is 1. The molecule has 6 N–H and O–H groups in total. The summed E-state index contributed by atoms with van der Waals surface area (Å²) in [6.07, 6.45) is 0. The number of nitrogens with zero attached hydrogens (tertiary/aromatic N) is 6. The highest BCUT2D eigenvalue weighted by Gasteiger charge is 2.22. The number of anilines is 1. The zero-order valence-corrected chi connectivity index (χ0v) is 33.7. The van der Waals surface area contributed by atoms with Gasteiger partial charge in [0.25, 0.3) is 30.4 Å². The van der Waals surface area contributed by atoms with Crippen molar-refractivity contribution in [2.45, 2.75) is 21.6 Å². The molecule has 0 fully saturated rings. The highest BCUT2D eigenvalue weighted by atomic mass is 32.2. The Morgan fingerprint density at radius 2 is 1.00 bits per heavy atom. The van der Waals surface area contributed by atoms with E-state index in [1.54, 1.807) is 73.7 Å². The Morgan fingerprint density at radius 3 is 1.61 bits per heavy atom. The molecule has 0 aliphatic carbocycles. The standard InChI is InChI=1S/C41H29N7O10S3/c1-22-17-23-18-24(42)9-11-27(23)41(49)40(22)48-47-37-16-15-36(30-12-10-26(21-32(30)37)59(50,51)52)46-45-35-14-13-34(28-5-2-3-6-29(28)35)44-43-25-19-33-31(39(20-25)61(56,57)58)7-4-8-38(33)60(53,54)55/h2-21,49H,42H2,1H3,(H,50,51,52)(H,53,54,55)(H,56,57,58). The van der Waals surface area contributed by atoms with Crippen LogP contribution in [0.4, 0.5) is 39.8 Å². The number of phenolic OH excluding ortho intramolecular Hbond substituents is 1. The molecule has 0 amide bonds. The molecule has 0 radical (unpaired) electrons. The predicted octanol–water partition coefficient (Wildman–Crippen LogP) is 10.9. The first-order valence-electron chi connectivity index (χ1n) is 17.7. The number of rotatable bonds is 9. The highest BCUT2D eigenvalue weighted by Crippen LogP contribution is 2.42. The first-order valence-corrected chi connectivity index (χ1v) is 22.0. The van der Waals surface area contributed by atoms with Gasteiger partial charge in [-0.2, -0.15) is 30.4 Å². The molecule has 0 saturated heterocycles. The third kappa shape index (κ3) is 8.01. The van der Waals surface area contributed by atoms with Crippen LogP contribution in [0.1, 0.15) is 5.56 Å². The van der Waals surface area contributed by atoms with Gasteiger partial charge in [-0.15, -0.1) is 25.6 Å². The summed E-state index contributed by atoms with van der Waals surface area (Å²) in [6.45, 7) is 1.74. The van der Waals surface area contributed by atoms with Gasteiger partial charge in [-0.05, 0) is 96.7 Å². The number of hydrogen-bond donors (Lipinski definition) is 5. The van der Waals surface area contributed by atoms with E-state index in [2.05, 4.69) is 30.7 Å². The number of fused-ring (bicyclic) bond motifs is 4. The predicted molar refractivity (Wildman–Crippen MR) is 229 cm³/mol. The minimum Gasteiger partial charge on any atom is -0.505 e. The summed E-state index contributed by atoms with van der Waals surface area (Å²) in [5, 5.41) is 39.7. The summed E-state index contributed by atoms with van der Waals surface area (Å²) in [5.41, 5.74) is 8.23. The first kappa shape index (κ1) is 40.7. The lowest BCUT2D eigenvalue weighted by Gasteiger charge is -2.09. The van der Waals surface area contributed by atoms with Gasteiger partial charge in [-0.25, -0.2) is 0 Å². The molecule has 0 unspecified atom stereocenters. The largest absolute Gasteiger partial charge is 0.505 e. The lowest BCUT2D eigenvalue weighted by Crippen LogP contribution is -2.03. The number of phenols is 1. The molecule has 20 heteroatoms. The van der Waals surface area contributed by atoms with Crippen molar-refractivity contribution in [3.8, 4) is 5.75 Å². The Labute approximate surface area is 346 Å². The van der Waals surface area contributed by atoms with Gasteiger partial charge in [-0.1, -0.05) is 42.5 Å². The summed E-state index contributed by atoms with van der Waals surface area (Å²) in [5.74, 6) is -0.124. The molecule has 0 spiro atoms. The second-order valence-corrected chi connectivity index (χ2v) is 17.9. The number of azo groups is 3. The van der Waals surface area contributed by atoms with Crippen molar-refractivity contribution in [1.29, 1.82) is 0 Å². The molecule has 0 saturated carbocycles. The Bertz CT molecular complexity index is 3620. The zero-order valence-electron chi connectivity index (χ0n) is 31.3. The molecule has 0 aliphatic heterocycles. The van der Waals surface area contributed by atoms with Crippen molar-refractivity contribution in [3.05, 3.63) is 127 Å². The van der Waals surface area contributed by atoms with Crippen molar-refractivity contribution >= 4 is 113 Å². The van der Waals surface area contributed by atoms with Crippen LogP contribution in [-0.4, -0.2) is 44.0 Å². The summed E-state index contributed by atoms with van der Waals surface area (Å²) in [6, 6.07) is 29.7. The maximum Gasteiger partial charge on any atom is 0.295 e. The summed E-state index contributed by atoms with van der Waals surface area (Å²) >= 11 is 0. The molecule has 306 valence electrons. The Hall–Kier alpha value is -7.07. The number of nitrogens with two attached hydrogens (primary N) is 1. The van der Waals surface area contributed by atoms with Gasteiger partial charge in [0.2, 0.25) is 0 Å². The van der Waals surface area contributed by atoms with Crippen LogP contribution in [0.3, 0.4) is 0 Å². The Balaban J connectivity index is 1.18. The molecular weight excluding hydrogens is 847 g/mol. The molecule has 0 aromatic heterocycles. The van der Waals surface area contributed by atoms with E-state index in [0.717, 1.165) is 12.1 Å². The van der Waals surface area contributed by atoms with Crippen LogP contribution < -0.4 is 5.73 Å². The van der Waals surface area contributed by atoms with E-state index < -0.39 is 45.0 Å². The van der Waals surface area contributed by atoms with Gasteiger partial charge >= 0.3 is 0 Å². The van der Waals surface area contributed by atoms with Crippen LogP contribution in [0, 0.1) is 6.92 Å². The van der Waals surface area contributed by atoms with Crippen molar-refractivity contribution in [2.24, 2.45) is 30.7 Å². The molecule has 0 heterocycles. The number of benzene rings is 8. The van der Waals surface area contributed by atoms with E-state index in [-0.39, 0.29) is 39.0 Å². The third-order valence-electron chi connectivity index (χ3n) is 9.67. The molecular formula is C41H29N7O10S3. The maximum atomic E-state index is 12.3. The molecule has 0 atom stereocenters.